The standard InChI is InChI=1S/C23H30N4O2S/c1-6-26(7-2)12-13-27-22(29)18-10-8-9-11-20(18)24-23(27)30-15-21(28)19-14-16(3)25(5)17(19)4/h8-11,14H,6-7,12-13,15H2,1-5H3/p+1. The van der Waals surface area contributed by atoms with Crippen molar-refractivity contribution in [2.24, 2.45) is 7.05 Å². The fourth-order valence-electron chi connectivity index (χ4n) is 3.67. The number of aromatic nitrogens is 3. The van der Waals surface area contributed by atoms with E-state index in [1.807, 2.05) is 55.8 Å². The minimum atomic E-state index is -0.0335. The molecule has 2 aromatic heterocycles. The predicted octanol–water partition coefficient (Wildman–Crippen LogP) is 2.25. The minimum absolute atomic E-state index is 0.0335. The Kier molecular flexibility index (Phi) is 7.15. The van der Waals surface area contributed by atoms with Crippen LogP contribution in [0.4, 0.5) is 0 Å². The zero-order chi connectivity index (χ0) is 21.8. The van der Waals surface area contributed by atoms with E-state index in [9.17, 15) is 9.59 Å². The van der Waals surface area contributed by atoms with Gasteiger partial charge in [-0.15, -0.1) is 0 Å². The molecule has 0 aliphatic carbocycles. The molecule has 1 aromatic carbocycles. The molecule has 0 aliphatic rings. The monoisotopic (exact) mass is 427 g/mol. The van der Waals surface area contributed by atoms with Crippen LogP contribution in [0.1, 0.15) is 35.6 Å². The zero-order valence-corrected chi connectivity index (χ0v) is 19.3. The Morgan fingerprint density at radius 3 is 2.50 bits per heavy atom. The Labute approximate surface area is 181 Å². The molecule has 0 unspecified atom stereocenters. The fourth-order valence-corrected chi connectivity index (χ4v) is 4.58. The third-order valence-corrected chi connectivity index (χ3v) is 6.90. The Morgan fingerprint density at radius 2 is 1.87 bits per heavy atom. The summed E-state index contributed by atoms with van der Waals surface area (Å²) in [5.74, 6) is 0.317. The highest BCUT2D eigenvalue weighted by Crippen LogP contribution is 2.21. The average molecular weight is 428 g/mol. The molecule has 3 aromatic rings. The quantitative estimate of drug-likeness (QED) is 0.323. The summed E-state index contributed by atoms with van der Waals surface area (Å²) in [6.07, 6.45) is 0. The molecular formula is C23H31N4O2S+. The number of carbonyl (C=O) groups is 1. The smallest absolute Gasteiger partial charge is 0.262 e. The lowest BCUT2D eigenvalue weighted by atomic mass is 10.2. The molecule has 0 bridgehead atoms. The van der Waals surface area contributed by atoms with Crippen molar-refractivity contribution in [2.75, 3.05) is 25.4 Å². The van der Waals surface area contributed by atoms with E-state index in [0.717, 1.165) is 36.6 Å². The SMILES string of the molecule is CC[NH+](CC)CCn1c(SCC(=O)c2cc(C)n(C)c2C)nc2ccccc2c1=O. The van der Waals surface area contributed by atoms with Crippen molar-refractivity contribution in [3.63, 3.8) is 0 Å². The van der Waals surface area contributed by atoms with Gasteiger partial charge in [0.1, 0.15) is 0 Å². The van der Waals surface area contributed by atoms with Gasteiger partial charge in [-0.2, -0.15) is 0 Å². The maximum atomic E-state index is 13.2. The van der Waals surface area contributed by atoms with Crippen LogP contribution in [0.15, 0.2) is 40.3 Å². The second kappa shape index (κ2) is 9.62. The van der Waals surface area contributed by atoms with Gasteiger partial charge in [0.25, 0.3) is 5.56 Å². The molecule has 0 amide bonds. The normalized spacial score (nSPS) is 11.5. The predicted molar refractivity (Wildman–Crippen MR) is 123 cm³/mol. The molecule has 0 saturated heterocycles. The summed E-state index contributed by atoms with van der Waals surface area (Å²) in [5.41, 5.74) is 3.41. The van der Waals surface area contributed by atoms with Crippen LogP contribution in [0.5, 0.6) is 0 Å². The van der Waals surface area contributed by atoms with Crippen LogP contribution in [-0.4, -0.2) is 45.3 Å². The van der Waals surface area contributed by atoms with Crippen LogP contribution in [-0.2, 0) is 13.6 Å². The molecule has 160 valence electrons. The van der Waals surface area contributed by atoms with Gasteiger partial charge in [0.2, 0.25) is 0 Å². The maximum absolute atomic E-state index is 13.2. The number of thioether (sulfide) groups is 1. The molecule has 30 heavy (non-hydrogen) atoms. The lowest BCUT2D eigenvalue weighted by Gasteiger charge is -2.18. The average Bonchev–Trinajstić information content (AvgIpc) is 3.01. The summed E-state index contributed by atoms with van der Waals surface area (Å²) in [4.78, 5) is 32.2. The lowest BCUT2D eigenvalue weighted by Crippen LogP contribution is -3.11. The molecule has 0 aliphatic heterocycles. The van der Waals surface area contributed by atoms with Crippen molar-refractivity contribution in [1.82, 2.24) is 14.1 Å². The van der Waals surface area contributed by atoms with Gasteiger partial charge in [-0.1, -0.05) is 23.9 Å². The largest absolute Gasteiger partial charge is 0.351 e. The Bertz CT molecular complexity index is 1110. The number of aryl methyl sites for hydroxylation is 1. The Morgan fingerprint density at radius 1 is 1.17 bits per heavy atom. The van der Waals surface area contributed by atoms with Crippen molar-refractivity contribution in [1.29, 1.82) is 0 Å². The number of para-hydroxylation sites is 1. The number of quaternary nitrogens is 1. The number of carbonyl (C=O) groups excluding carboxylic acids is 1. The number of rotatable bonds is 9. The molecule has 2 heterocycles. The van der Waals surface area contributed by atoms with E-state index < -0.39 is 0 Å². The summed E-state index contributed by atoms with van der Waals surface area (Å²) >= 11 is 1.35. The van der Waals surface area contributed by atoms with Crippen LogP contribution in [0.3, 0.4) is 0 Å². The molecular weight excluding hydrogens is 396 g/mol. The van der Waals surface area contributed by atoms with Crippen molar-refractivity contribution in [3.05, 3.63) is 57.6 Å². The number of nitrogens with one attached hydrogen (secondary N) is 1. The summed E-state index contributed by atoms with van der Waals surface area (Å²) < 4.78 is 3.77. The van der Waals surface area contributed by atoms with E-state index >= 15 is 0 Å². The number of nitrogens with zero attached hydrogens (tertiary/aromatic N) is 3. The van der Waals surface area contributed by atoms with Gasteiger partial charge in [0.15, 0.2) is 10.9 Å². The van der Waals surface area contributed by atoms with Crippen LogP contribution < -0.4 is 10.5 Å². The second-order valence-corrected chi connectivity index (χ2v) is 8.57. The van der Waals surface area contributed by atoms with E-state index in [0.29, 0.717) is 22.6 Å². The van der Waals surface area contributed by atoms with Crippen molar-refractivity contribution >= 4 is 28.4 Å². The van der Waals surface area contributed by atoms with Gasteiger partial charge in [0, 0.05) is 24.0 Å². The molecule has 0 spiro atoms. The number of benzene rings is 1. The summed E-state index contributed by atoms with van der Waals surface area (Å²) in [6, 6.07) is 9.36. The highest BCUT2D eigenvalue weighted by atomic mass is 32.2. The van der Waals surface area contributed by atoms with E-state index in [-0.39, 0.29) is 17.1 Å². The van der Waals surface area contributed by atoms with Crippen LogP contribution in [0.2, 0.25) is 0 Å². The van der Waals surface area contributed by atoms with E-state index in [1.165, 1.54) is 16.7 Å². The number of hydrogen-bond donors (Lipinski definition) is 1. The summed E-state index contributed by atoms with van der Waals surface area (Å²) in [5, 5.41) is 1.24. The van der Waals surface area contributed by atoms with Gasteiger partial charge in [-0.05, 0) is 45.9 Å². The zero-order valence-electron chi connectivity index (χ0n) is 18.5. The molecule has 6 nitrogen and oxygen atoms in total. The maximum Gasteiger partial charge on any atom is 0.262 e. The first-order valence-electron chi connectivity index (χ1n) is 10.5. The summed E-state index contributed by atoms with van der Waals surface area (Å²) in [7, 11) is 1.96. The highest BCUT2D eigenvalue weighted by molar-refractivity contribution is 7.99. The first-order chi connectivity index (χ1) is 14.4. The minimum Gasteiger partial charge on any atom is -0.351 e. The molecule has 0 saturated carbocycles. The van der Waals surface area contributed by atoms with Crippen molar-refractivity contribution in [2.45, 2.75) is 39.4 Å². The third kappa shape index (κ3) is 4.52. The number of hydrogen-bond acceptors (Lipinski definition) is 4. The highest BCUT2D eigenvalue weighted by Gasteiger charge is 2.18. The molecule has 0 atom stereocenters. The van der Waals surface area contributed by atoms with Gasteiger partial charge >= 0.3 is 0 Å². The van der Waals surface area contributed by atoms with E-state index in [1.54, 1.807) is 4.57 Å². The number of Topliss-reactive ketones (excluding diaryl/α,β-unsaturated/α-hetero) is 1. The molecule has 0 radical (unpaired) electrons. The third-order valence-electron chi connectivity index (χ3n) is 5.92. The second-order valence-electron chi connectivity index (χ2n) is 7.63. The van der Waals surface area contributed by atoms with Crippen molar-refractivity contribution in [3.8, 4) is 0 Å². The van der Waals surface area contributed by atoms with E-state index in [2.05, 4.69) is 13.8 Å². The molecule has 0 fully saturated rings. The van der Waals surface area contributed by atoms with Gasteiger partial charge in [-0.25, -0.2) is 4.98 Å². The number of ketones is 1. The van der Waals surface area contributed by atoms with E-state index in [4.69, 9.17) is 4.98 Å². The molecule has 1 N–H and O–H groups in total. The molecule has 3 rings (SSSR count). The van der Waals surface area contributed by atoms with Crippen LogP contribution in [0, 0.1) is 13.8 Å². The van der Waals surface area contributed by atoms with Gasteiger partial charge in [0.05, 0.1) is 42.8 Å². The number of fused-ring (bicyclic) bond motifs is 1. The van der Waals surface area contributed by atoms with Gasteiger partial charge in [-0.3, -0.25) is 14.2 Å². The number of likely N-dealkylation sites (N-methyl/N-ethyl adjacent to an activating group) is 1. The van der Waals surface area contributed by atoms with Crippen LogP contribution >= 0.6 is 11.8 Å². The van der Waals surface area contributed by atoms with Gasteiger partial charge < -0.3 is 9.47 Å². The lowest BCUT2D eigenvalue weighted by molar-refractivity contribution is -0.897. The Balaban J connectivity index is 1.91. The Hall–Kier alpha value is -2.38. The first-order valence-corrected chi connectivity index (χ1v) is 11.5. The molecule has 7 heteroatoms. The topological polar surface area (TPSA) is 61.3 Å². The first kappa shape index (κ1) is 22.3. The van der Waals surface area contributed by atoms with Crippen molar-refractivity contribution < 1.29 is 9.69 Å². The summed E-state index contributed by atoms with van der Waals surface area (Å²) in [6.45, 7) is 11.7. The fraction of sp³-hybridized carbons (Fsp3) is 0.435. The van der Waals surface area contributed by atoms with Crippen LogP contribution in [0.25, 0.3) is 10.9 Å².